The fourth-order valence-electron chi connectivity index (χ4n) is 4.08. The number of allylic oxidation sites excluding steroid dienone is 1. The first-order chi connectivity index (χ1) is 15.6. The van der Waals surface area contributed by atoms with Gasteiger partial charge in [0.15, 0.2) is 0 Å². The highest BCUT2D eigenvalue weighted by atomic mass is 16.3. The average molecular weight is 444 g/mol. The maximum absolute atomic E-state index is 11.9. The summed E-state index contributed by atoms with van der Waals surface area (Å²) in [4.78, 5) is 27.6. The Hall–Kier alpha value is -3.58. The Morgan fingerprint density at radius 3 is 2.76 bits per heavy atom. The van der Waals surface area contributed by atoms with Crippen LogP contribution < -0.4 is 5.56 Å². The molecular weight excluding hydrogens is 414 g/mol. The second-order valence-corrected chi connectivity index (χ2v) is 8.93. The normalized spacial score (nSPS) is 14.2. The molecule has 1 N–H and O–H groups in total. The van der Waals surface area contributed by atoms with Gasteiger partial charge >= 0.3 is 0 Å². The maximum Gasteiger partial charge on any atom is 0.253 e. The lowest BCUT2D eigenvalue weighted by molar-refractivity contribution is 0.0745. The van der Waals surface area contributed by atoms with Crippen LogP contribution in [-0.4, -0.2) is 36.1 Å². The summed E-state index contributed by atoms with van der Waals surface area (Å²) in [7, 11) is 1.71. The van der Waals surface area contributed by atoms with Gasteiger partial charge in [0, 0.05) is 73.7 Å². The molecule has 0 aliphatic carbocycles. The van der Waals surface area contributed by atoms with Crippen molar-refractivity contribution in [2.24, 2.45) is 7.05 Å². The zero-order chi connectivity index (χ0) is 23.8. The minimum absolute atomic E-state index is 0.0963. The van der Waals surface area contributed by atoms with E-state index in [0.717, 1.165) is 46.6 Å². The van der Waals surface area contributed by atoms with Gasteiger partial charge in [-0.15, -0.1) is 0 Å². The van der Waals surface area contributed by atoms with E-state index >= 15 is 0 Å². The number of rotatable bonds is 5. The second kappa shape index (κ2) is 8.75. The van der Waals surface area contributed by atoms with Crippen molar-refractivity contribution in [2.45, 2.75) is 39.3 Å². The zero-order valence-electron chi connectivity index (χ0n) is 19.5. The predicted molar refractivity (Wildman–Crippen MR) is 129 cm³/mol. The van der Waals surface area contributed by atoms with E-state index in [1.54, 1.807) is 27.1 Å². The van der Waals surface area contributed by atoms with Crippen molar-refractivity contribution in [2.75, 3.05) is 6.54 Å². The fourth-order valence-corrected chi connectivity index (χ4v) is 4.08. The average Bonchev–Trinajstić information content (AvgIpc) is 2.80. The molecule has 170 valence electrons. The maximum atomic E-state index is 11.9. The van der Waals surface area contributed by atoms with Gasteiger partial charge in [0.1, 0.15) is 11.4 Å². The summed E-state index contributed by atoms with van der Waals surface area (Å²) in [6.07, 6.45) is 7.78. The minimum Gasteiger partial charge on any atom is -0.384 e. The van der Waals surface area contributed by atoms with Crippen molar-refractivity contribution in [1.29, 1.82) is 0 Å². The third-order valence-corrected chi connectivity index (χ3v) is 6.02. The van der Waals surface area contributed by atoms with E-state index in [-0.39, 0.29) is 5.56 Å². The van der Waals surface area contributed by atoms with Gasteiger partial charge in [-0.2, -0.15) is 0 Å². The van der Waals surface area contributed by atoms with Gasteiger partial charge in [0.2, 0.25) is 0 Å². The first-order valence-corrected chi connectivity index (χ1v) is 11.0. The number of pyridine rings is 2. The standard InChI is InChI=1S/C26H29N5O2/c1-17(13-23-27-11-8-24(32)30(23)5)18(2)31-12-9-22-20(16-31)14-19(15-29-22)21-7-6-10-28-25(21)26(3,4)33/h6-8,10-11,13-15,33H,2,9,12,16H2,1,3-5H3/b17-13-. The van der Waals surface area contributed by atoms with E-state index < -0.39 is 5.60 Å². The van der Waals surface area contributed by atoms with E-state index in [2.05, 4.69) is 27.5 Å². The molecular formula is C26H29N5O2. The topological polar surface area (TPSA) is 84.1 Å². The quantitative estimate of drug-likeness (QED) is 0.608. The van der Waals surface area contributed by atoms with Crippen LogP contribution in [0.4, 0.5) is 0 Å². The molecule has 0 spiro atoms. The lowest BCUT2D eigenvalue weighted by Crippen LogP contribution is -2.30. The van der Waals surface area contributed by atoms with Crippen LogP contribution in [0.1, 0.15) is 43.5 Å². The van der Waals surface area contributed by atoms with E-state index in [1.165, 1.54) is 16.8 Å². The molecule has 7 nitrogen and oxygen atoms in total. The summed E-state index contributed by atoms with van der Waals surface area (Å²) in [6.45, 7) is 11.3. The van der Waals surface area contributed by atoms with E-state index in [4.69, 9.17) is 4.98 Å². The van der Waals surface area contributed by atoms with Gasteiger partial charge in [-0.25, -0.2) is 4.98 Å². The third-order valence-electron chi connectivity index (χ3n) is 6.02. The number of aromatic nitrogens is 4. The molecule has 0 amide bonds. The molecule has 33 heavy (non-hydrogen) atoms. The van der Waals surface area contributed by atoms with E-state index in [1.807, 2.05) is 31.3 Å². The molecule has 0 unspecified atom stereocenters. The Morgan fingerprint density at radius 2 is 2.00 bits per heavy atom. The Labute approximate surface area is 193 Å². The number of hydrogen-bond donors (Lipinski definition) is 1. The smallest absolute Gasteiger partial charge is 0.253 e. The molecule has 3 aromatic rings. The molecule has 0 fully saturated rings. The highest BCUT2D eigenvalue weighted by Crippen LogP contribution is 2.32. The summed E-state index contributed by atoms with van der Waals surface area (Å²) >= 11 is 0. The Bertz CT molecular complexity index is 1300. The third kappa shape index (κ3) is 4.64. The van der Waals surface area contributed by atoms with E-state index in [9.17, 15) is 9.90 Å². The summed E-state index contributed by atoms with van der Waals surface area (Å²) < 4.78 is 1.52. The predicted octanol–water partition coefficient (Wildman–Crippen LogP) is 3.44. The van der Waals surface area contributed by atoms with Gasteiger partial charge in [-0.05, 0) is 50.1 Å². The molecule has 0 aromatic carbocycles. The largest absolute Gasteiger partial charge is 0.384 e. The first kappa shape index (κ1) is 22.6. The monoisotopic (exact) mass is 443 g/mol. The van der Waals surface area contributed by atoms with Gasteiger partial charge < -0.3 is 10.0 Å². The van der Waals surface area contributed by atoms with Crippen LogP contribution in [0.2, 0.25) is 0 Å². The fraction of sp³-hybridized carbons (Fsp3) is 0.308. The number of aliphatic hydroxyl groups is 1. The number of hydrogen-bond acceptors (Lipinski definition) is 6. The molecule has 0 saturated carbocycles. The SMILES string of the molecule is C=C(/C(C)=C\c1nccc(=O)n1C)N1CCc2ncc(-c3cccnc3C(C)(C)O)cc2C1. The van der Waals surface area contributed by atoms with Crippen LogP contribution in [0, 0.1) is 0 Å². The Balaban J connectivity index is 1.61. The summed E-state index contributed by atoms with van der Waals surface area (Å²) in [6, 6.07) is 7.42. The summed E-state index contributed by atoms with van der Waals surface area (Å²) in [5.41, 5.74) is 5.33. The second-order valence-electron chi connectivity index (χ2n) is 8.93. The van der Waals surface area contributed by atoms with Gasteiger partial charge in [0.25, 0.3) is 5.56 Å². The van der Waals surface area contributed by atoms with Crippen LogP contribution in [0.25, 0.3) is 17.2 Å². The number of fused-ring (bicyclic) bond motifs is 1. The van der Waals surface area contributed by atoms with Crippen LogP contribution >= 0.6 is 0 Å². The highest BCUT2D eigenvalue weighted by Gasteiger charge is 2.24. The molecule has 4 rings (SSSR count). The van der Waals surface area contributed by atoms with Crippen molar-refractivity contribution in [3.8, 4) is 11.1 Å². The molecule has 0 saturated heterocycles. The van der Waals surface area contributed by atoms with Crippen LogP contribution in [0.15, 0.2) is 65.5 Å². The van der Waals surface area contributed by atoms with Crippen LogP contribution in [0.5, 0.6) is 0 Å². The molecule has 7 heteroatoms. The lowest BCUT2D eigenvalue weighted by atomic mass is 9.93. The summed E-state index contributed by atoms with van der Waals surface area (Å²) in [5.74, 6) is 0.596. The van der Waals surface area contributed by atoms with Crippen molar-refractivity contribution in [3.05, 3.63) is 93.8 Å². The minimum atomic E-state index is -1.06. The molecule has 0 radical (unpaired) electrons. The molecule has 0 atom stereocenters. The Kier molecular flexibility index (Phi) is 5.99. The zero-order valence-corrected chi connectivity index (χ0v) is 19.5. The molecule has 4 heterocycles. The van der Waals surface area contributed by atoms with Crippen molar-refractivity contribution < 1.29 is 5.11 Å². The first-order valence-electron chi connectivity index (χ1n) is 11.0. The van der Waals surface area contributed by atoms with Crippen molar-refractivity contribution >= 4 is 6.08 Å². The molecule has 1 aliphatic heterocycles. The number of nitrogens with zero attached hydrogens (tertiary/aromatic N) is 5. The van der Waals surface area contributed by atoms with Crippen molar-refractivity contribution in [1.82, 2.24) is 24.4 Å². The molecule has 3 aromatic heterocycles. The van der Waals surface area contributed by atoms with Gasteiger partial charge in [-0.3, -0.25) is 19.3 Å². The highest BCUT2D eigenvalue weighted by molar-refractivity contribution is 5.67. The molecule has 1 aliphatic rings. The lowest BCUT2D eigenvalue weighted by Gasteiger charge is -2.32. The van der Waals surface area contributed by atoms with Crippen LogP contribution in [-0.2, 0) is 25.6 Å². The van der Waals surface area contributed by atoms with E-state index in [0.29, 0.717) is 18.1 Å². The Morgan fingerprint density at radius 1 is 1.21 bits per heavy atom. The van der Waals surface area contributed by atoms with Crippen LogP contribution in [0.3, 0.4) is 0 Å². The van der Waals surface area contributed by atoms with Crippen molar-refractivity contribution in [3.63, 3.8) is 0 Å². The van der Waals surface area contributed by atoms with Gasteiger partial charge in [0.05, 0.1) is 5.69 Å². The summed E-state index contributed by atoms with van der Waals surface area (Å²) in [5, 5.41) is 10.6. The molecule has 0 bridgehead atoms. The van der Waals surface area contributed by atoms with Gasteiger partial charge in [-0.1, -0.05) is 12.6 Å².